The number of benzene rings is 1. The number of hydrogen-bond acceptors (Lipinski definition) is 5. The molecule has 1 atom stereocenters. The lowest BCUT2D eigenvalue weighted by Crippen LogP contribution is -2.42. The molecule has 1 saturated heterocycles. The minimum Gasteiger partial charge on any atom is -0.377 e. The molecule has 1 aromatic carbocycles. The fraction of sp³-hybridized carbons (Fsp3) is 0.562. The maximum absolute atomic E-state index is 12.3. The molecule has 0 aromatic heterocycles. The van der Waals surface area contributed by atoms with E-state index in [1.807, 2.05) is 0 Å². The Kier molecular flexibility index (Phi) is 4.91. The SMILES string of the molecule is NC1(C(=O)NCc2ccc(S(=O)(=O)NCC3CCCO3)cc2)CC1. The van der Waals surface area contributed by atoms with Gasteiger partial charge in [0.2, 0.25) is 15.9 Å². The van der Waals surface area contributed by atoms with Gasteiger partial charge in [-0.25, -0.2) is 13.1 Å². The molecule has 4 N–H and O–H groups in total. The first-order valence-electron chi connectivity index (χ1n) is 8.16. The molecule has 2 fully saturated rings. The summed E-state index contributed by atoms with van der Waals surface area (Å²) in [5.74, 6) is -0.155. The second-order valence-electron chi connectivity index (χ2n) is 6.47. The van der Waals surface area contributed by atoms with Gasteiger partial charge in [0.15, 0.2) is 0 Å². The normalized spacial score (nSPS) is 22.3. The molecular formula is C16H23N3O4S. The van der Waals surface area contributed by atoms with Gasteiger partial charge in [-0.15, -0.1) is 0 Å². The maximum atomic E-state index is 12.3. The van der Waals surface area contributed by atoms with Crippen LogP contribution in [0.25, 0.3) is 0 Å². The Balaban J connectivity index is 1.53. The highest BCUT2D eigenvalue weighted by molar-refractivity contribution is 7.89. The van der Waals surface area contributed by atoms with Gasteiger partial charge in [0.1, 0.15) is 0 Å². The number of ether oxygens (including phenoxy) is 1. The van der Waals surface area contributed by atoms with Gasteiger partial charge in [-0.1, -0.05) is 12.1 Å². The average Bonchev–Trinajstić information content (AvgIpc) is 3.12. The van der Waals surface area contributed by atoms with Gasteiger partial charge in [-0.3, -0.25) is 4.79 Å². The molecule has 1 aliphatic heterocycles. The van der Waals surface area contributed by atoms with Crippen LogP contribution in [0.15, 0.2) is 29.2 Å². The highest BCUT2D eigenvalue weighted by Crippen LogP contribution is 2.32. The standard InChI is InChI=1S/C16H23N3O4S/c17-16(7-8-16)15(20)18-10-12-3-5-14(6-4-12)24(21,22)19-11-13-2-1-9-23-13/h3-6,13,19H,1-2,7-11,17H2,(H,18,20). The van der Waals surface area contributed by atoms with E-state index in [0.29, 0.717) is 32.5 Å². The summed E-state index contributed by atoms with van der Waals surface area (Å²) in [5, 5.41) is 2.78. The van der Waals surface area contributed by atoms with Crippen LogP contribution >= 0.6 is 0 Å². The van der Waals surface area contributed by atoms with E-state index in [9.17, 15) is 13.2 Å². The van der Waals surface area contributed by atoms with Crippen LogP contribution < -0.4 is 15.8 Å². The lowest BCUT2D eigenvalue weighted by Gasteiger charge is -2.12. The van der Waals surface area contributed by atoms with Crippen molar-refractivity contribution < 1.29 is 17.9 Å². The Morgan fingerprint density at radius 1 is 1.29 bits per heavy atom. The minimum absolute atomic E-state index is 0.0414. The van der Waals surface area contributed by atoms with Crippen LogP contribution in [0.3, 0.4) is 0 Å². The van der Waals surface area contributed by atoms with Crippen LogP contribution in [0.2, 0.25) is 0 Å². The molecule has 1 unspecified atom stereocenters. The molecule has 7 nitrogen and oxygen atoms in total. The van der Waals surface area contributed by atoms with Gasteiger partial charge < -0.3 is 15.8 Å². The second kappa shape index (κ2) is 6.79. The first kappa shape index (κ1) is 17.3. The Hall–Kier alpha value is -1.48. The summed E-state index contributed by atoms with van der Waals surface area (Å²) in [6.45, 7) is 1.32. The minimum atomic E-state index is -3.55. The fourth-order valence-corrected chi connectivity index (χ4v) is 3.66. The van der Waals surface area contributed by atoms with Crippen LogP contribution in [0.5, 0.6) is 0 Å². The van der Waals surface area contributed by atoms with Crippen LogP contribution in [-0.4, -0.2) is 39.1 Å². The Labute approximate surface area is 142 Å². The third-order valence-electron chi connectivity index (χ3n) is 4.45. The van der Waals surface area contributed by atoms with Crippen molar-refractivity contribution >= 4 is 15.9 Å². The summed E-state index contributed by atoms with van der Waals surface area (Å²) < 4.78 is 32.5. The van der Waals surface area contributed by atoms with E-state index in [-0.39, 0.29) is 16.9 Å². The molecule has 1 aliphatic carbocycles. The number of sulfonamides is 1. The van der Waals surface area contributed by atoms with Crippen molar-refractivity contribution in [1.82, 2.24) is 10.0 Å². The van der Waals surface area contributed by atoms with Crippen molar-refractivity contribution in [1.29, 1.82) is 0 Å². The van der Waals surface area contributed by atoms with Gasteiger partial charge in [0.05, 0.1) is 16.5 Å². The number of amides is 1. The van der Waals surface area contributed by atoms with Crippen molar-refractivity contribution in [3.63, 3.8) is 0 Å². The molecule has 0 radical (unpaired) electrons. The number of nitrogens with one attached hydrogen (secondary N) is 2. The summed E-state index contributed by atoms with van der Waals surface area (Å²) in [6, 6.07) is 6.46. The zero-order chi connectivity index (χ0) is 17.2. The summed E-state index contributed by atoms with van der Waals surface area (Å²) in [6.07, 6.45) is 3.24. The van der Waals surface area contributed by atoms with Gasteiger partial charge >= 0.3 is 0 Å². The predicted octanol–water partition coefficient (Wildman–Crippen LogP) is 0.251. The third-order valence-corrected chi connectivity index (χ3v) is 5.89. The van der Waals surface area contributed by atoms with Gasteiger partial charge in [-0.2, -0.15) is 0 Å². The van der Waals surface area contributed by atoms with E-state index in [2.05, 4.69) is 10.0 Å². The third kappa shape index (κ3) is 4.13. The molecule has 8 heteroatoms. The van der Waals surface area contributed by atoms with E-state index in [1.54, 1.807) is 12.1 Å². The monoisotopic (exact) mass is 353 g/mol. The summed E-state index contributed by atoms with van der Waals surface area (Å²) >= 11 is 0. The van der Waals surface area contributed by atoms with Gasteiger partial charge in [-0.05, 0) is 43.4 Å². The van der Waals surface area contributed by atoms with Gasteiger partial charge in [0, 0.05) is 19.7 Å². The smallest absolute Gasteiger partial charge is 0.240 e. The maximum Gasteiger partial charge on any atom is 0.240 e. The molecule has 0 spiro atoms. The number of nitrogens with two attached hydrogens (primary N) is 1. The number of hydrogen-bond donors (Lipinski definition) is 3. The summed E-state index contributed by atoms with van der Waals surface area (Å²) in [5.41, 5.74) is 5.94. The molecule has 132 valence electrons. The number of carbonyl (C=O) groups is 1. The van der Waals surface area contributed by atoms with Crippen LogP contribution in [-0.2, 0) is 26.1 Å². The quantitative estimate of drug-likeness (QED) is 0.651. The lowest BCUT2D eigenvalue weighted by molar-refractivity contribution is -0.123. The Bertz CT molecular complexity index is 693. The molecule has 3 rings (SSSR count). The molecular weight excluding hydrogens is 330 g/mol. The van der Waals surface area contributed by atoms with Crippen molar-refractivity contribution in [2.75, 3.05) is 13.2 Å². The Morgan fingerprint density at radius 3 is 2.58 bits per heavy atom. The molecule has 1 heterocycles. The number of rotatable bonds is 7. The van der Waals surface area contributed by atoms with Crippen molar-refractivity contribution in [3.05, 3.63) is 29.8 Å². The summed E-state index contributed by atoms with van der Waals surface area (Å²) in [7, 11) is -3.55. The Morgan fingerprint density at radius 2 is 2.00 bits per heavy atom. The first-order chi connectivity index (χ1) is 11.4. The van der Waals surface area contributed by atoms with Crippen LogP contribution in [0.4, 0.5) is 0 Å². The molecule has 0 bridgehead atoms. The van der Waals surface area contributed by atoms with E-state index in [4.69, 9.17) is 10.5 Å². The average molecular weight is 353 g/mol. The molecule has 24 heavy (non-hydrogen) atoms. The lowest BCUT2D eigenvalue weighted by atomic mass is 10.2. The van der Waals surface area contributed by atoms with Crippen LogP contribution in [0, 0.1) is 0 Å². The zero-order valence-electron chi connectivity index (χ0n) is 13.5. The van der Waals surface area contributed by atoms with Crippen LogP contribution in [0.1, 0.15) is 31.2 Å². The summed E-state index contributed by atoms with van der Waals surface area (Å²) in [4.78, 5) is 12.0. The largest absolute Gasteiger partial charge is 0.377 e. The van der Waals surface area contributed by atoms with Crippen molar-refractivity contribution in [3.8, 4) is 0 Å². The topological polar surface area (TPSA) is 111 Å². The second-order valence-corrected chi connectivity index (χ2v) is 8.24. The molecule has 1 saturated carbocycles. The zero-order valence-corrected chi connectivity index (χ0v) is 14.3. The van der Waals surface area contributed by atoms with E-state index >= 15 is 0 Å². The molecule has 1 amide bonds. The van der Waals surface area contributed by atoms with Crippen molar-refractivity contribution in [2.45, 2.75) is 48.8 Å². The van der Waals surface area contributed by atoms with E-state index < -0.39 is 15.6 Å². The number of carbonyl (C=O) groups excluding carboxylic acids is 1. The van der Waals surface area contributed by atoms with E-state index in [1.165, 1.54) is 12.1 Å². The van der Waals surface area contributed by atoms with Crippen molar-refractivity contribution in [2.24, 2.45) is 5.73 Å². The molecule has 2 aliphatic rings. The van der Waals surface area contributed by atoms with Gasteiger partial charge in [0.25, 0.3) is 0 Å². The first-order valence-corrected chi connectivity index (χ1v) is 9.65. The highest BCUT2D eigenvalue weighted by Gasteiger charge is 2.45. The predicted molar refractivity (Wildman–Crippen MR) is 88.6 cm³/mol. The molecule has 1 aromatic rings. The highest BCUT2D eigenvalue weighted by atomic mass is 32.2. The van der Waals surface area contributed by atoms with E-state index in [0.717, 1.165) is 18.4 Å². The fourth-order valence-electron chi connectivity index (χ4n) is 2.60.